The maximum absolute atomic E-state index is 12.8. The summed E-state index contributed by atoms with van der Waals surface area (Å²) in [4.78, 5) is 40.2. The van der Waals surface area contributed by atoms with Crippen molar-refractivity contribution in [2.75, 3.05) is 25.1 Å². The summed E-state index contributed by atoms with van der Waals surface area (Å²) in [6.07, 6.45) is 4.42. The molecule has 1 aliphatic carbocycles. The Morgan fingerprint density at radius 2 is 1.80 bits per heavy atom. The Labute approximate surface area is 147 Å². The Balaban J connectivity index is 1.69. The molecule has 1 N–H and O–H groups in total. The summed E-state index contributed by atoms with van der Waals surface area (Å²) in [5.41, 5.74) is -1.65. The van der Waals surface area contributed by atoms with E-state index in [1.807, 2.05) is 0 Å². The van der Waals surface area contributed by atoms with Gasteiger partial charge in [-0.3, -0.25) is 14.5 Å². The number of carbonyl (C=O) groups is 3. The van der Waals surface area contributed by atoms with Gasteiger partial charge in [-0.25, -0.2) is 13.2 Å². The predicted octanol–water partition coefficient (Wildman–Crippen LogP) is 0.277. The first-order valence-corrected chi connectivity index (χ1v) is 10.5. The van der Waals surface area contributed by atoms with E-state index in [2.05, 4.69) is 5.32 Å². The Hall–Kier alpha value is -1.64. The summed E-state index contributed by atoms with van der Waals surface area (Å²) in [6.45, 7) is 1.32. The highest BCUT2D eigenvalue weighted by atomic mass is 32.2. The molecule has 3 fully saturated rings. The zero-order valence-electron chi connectivity index (χ0n) is 14.7. The van der Waals surface area contributed by atoms with Crippen LogP contribution in [0.4, 0.5) is 4.79 Å². The summed E-state index contributed by atoms with van der Waals surface area (Å²) in [7, 11) is -1.53. The number of hydrogen-bond donors (Lipinski definition) is 1. The number of rotatable bonds is 3. The van der Waals surface area contributed by atoms with Gasteiger partial charge in [-0.1, -0.05) is 19.3 Å². The normalized spacial score (nSPS) is 31.0. The fourth-order valence-corrected chi connectivity index (χ4v) is 6.39. The predicted molar refractivity (Wildman–Crippen MR) is 90.5 cm³/mol. The van der Waals surface area contributed by atoms with Crippen molar-refractivity contribution in [3.8, 4) is 0 Å². The average Bonchev–Trinajstić information content (AvgIpc) is 2.90. The van der Waals surface area contributed by atoms with Crippen LogP contribution in [0.5, 0.6) is 0 Å². The third-order valence-electron chi connectivity index (χ3n) is 5.73. The number of likely N-dealkylation sites (N-methyl/N-ethyl adjacent to an activating group) is 1. The lowest BCUT2D eigenvalue weighted by atomic mass is 9.81. The second-order valence-electron chi connectivity index (χ2n) is 7.78. The van der Waals surface area contributed by atoms with Gasteiger partial charge in [0, 0.05) is 7.05 Å². The molecular formula is C16H25N3O5S. The van der Waals surface area contributed by atoms with E-state index >= 15 is 0 Å². The summed E-state index contributed by atoms with van der Waals surface area (Å²) in [5, 5.41) is 2.70. The molecular weight excluding hydrogens is 346 g/mol. The van der Waals surface area contributed by atoms with Gasteiger partial charge in [0.2, 0.25) is 5.91 Å². The third-order valence-corrected chi connectivity index (χ3v) is 7.63. The van der Waals surface area contributed by atoms with E-state index in [9.17, 15) is 22.8 Å². The van der Waals surface area contributed by atoms with Crippen molar-refractivity contribution in [2.45, 2.75) is 56.5 Å². The lowest BCUT2D eigenvalue weighted by Gasteiger charge is -2.35. The molecule has 1 atom stereocenters. The second-order valence-corrected chi connectivity index (χ2v) is 9.96. The van der Waals surface area contributed by atoms with Gasteiger partial charge in [-0.2, -0.15) is 0 Å². The smallest absolute Gasteiger partial charge is 0.327 e. The van der Waals surface area contributed by atoms with E-state index in [1.54, 1.807) is 14.0 Å². The lowest BCUT2D eigenvalue weighted by Crippen LogP contribution is -2.52. The number of carbonyl (C=O) groups excluding carboxylic acids is 3. The first kappa shape index (κ1) is 18.2. The van der Waals surface area contributed by atoms with Gasteiger partial charge >= 0.3 is 6.03 Å². The zero-order chi connectivity index (χ0) is 18.5. The van der Waals surface area contributed by atoms with E-state index in [-0.39, 0.29) is 24.0 Å². The largest absolute Gasteiger partial charge is 0.348 e. The number of nitrogens with one attached hydrogen (secondary N) is 1. The van der Waals surface area contributed by atoms with Crippen molar-refractivity contribution in [1.29, 1.82) is 0 Å². The highest BCUT2D eigenvalue weighted by Gasteiger charge is 2.56. The van der Waals surface area contributed by atoms with E-state index in [0.717, 1.165) is 24.2 Å². The van der Waals surface area contributed by atoms with Crippen LogP contribution in [-0.2, 0) is 19.4 Å². The molecule has 0 radical (unpaired) electrons. The molecule has 0 bridgehead atoms. The molecule has 25 heavy (non-hydrogen) atoms. The van der Waals surface area contributed by atoms with Crippen molar-refractivity contribution >= 4 is 27.7 Å². The number of urea groups is 1. The average molecular weight is 371 g/mol. The molecule has 2 heterocycles. The van der Waals surface area contributed by atoms with Crippen LogP contribution in [0.15, 0.2) is 0 Å². The molecule has 3 rings (SSSR count). The first-order chi connectivity index (χ1) is 11.6. The van der Waals surface area contributed by atoms with Gasteiger partial charge in [0.25, 0.3) is 5.91 Å². The molecule has 9 heteroatoms. The van der Waals surface area contributed by atoms with Gasteiger partial charge in [0.1, 0.15) is 12.1 Å². The van der Waals surface area contributed by atoms with Gasteiger partial charge in [0.05, 0.1) is 17.0 Å². The van der Waals surface area contributed by atoms with Crippen molar-refractivity contribution in [2.24, 2.45) is 0 Å². The van der Waals surface area contributed by atoms with Crippen LogP contribution in [-0.4, -0.2) is 72.2 Å². The standard InChI is InChI=1S/C16H25N3O5S/c1-15(8-9-25(23,24)11-15)17-12(20)10-19-13(21)16(18(2)14(19)22)6-4-3-5-7-16/h3-11H2,1-2H3,(H,17,20). The van der Waals surface area contributed by atoms with Crippen LogP contribution < -0.4 is 5.32 Å². The van der Waals surface area contributed by atoms with Gasteiger partial charge < -0.3 is 10.2 Å². The maximum Gasteiger partial charge on any atom is 0.327 e. The van der Waals surface area contributed by atoms with Crippen molar-refractivity contribution in [1.82, 2.24) is 15.1 Å². The van der Waals surface area contributed by atoms with Crippen LogP contribution in [0.25, 0.3) is 0 Å². The number of hydrogen-bond acceptors (Lipinski definition) is 5. The van der Waals surface area contributed by atoms with E-state index in [1.165, 1.54) is 4.90 Å². The van der Waals surface area contributed by atoms with E-state index in [0.29, 0.717) is 19.3 Å². The molecule has 1 saturated carbocycles. The molecule has 3 aliphatic rings. The Morgan fingerprint density at radius 1 is 1.16 bits per heavy atom. The molecule has 2 saturated heterocycles. The maximum atomic E-state index is 12.8. The Morgan fingerprint density at radius 3 is 2.36 bits per heavy atom. The van der Waals surface area contributed by atoms with Gasteiger partial charge in [-0.15, -0.1) is 0 Å². The van der Waals surface area contributed by atoms with Crippen LogP contribution >= 0.6 is 0 Å². The topological polar surface area (TPSA) is 104 Å². The summed E-state index contributed by atoms with van der Waals surface area (Å²) in [6, 6.07) is -0.453. The van der Waals surface area contributed by atoms with Crippen LogP contribution in [0.1, 0.15) is 45.4 Å². The minimum absolute atomic E-state index is 0.0389. The number of imide groups is 1. The highest BCUT2D eigenvalue weighted by molar-refractivity contribution is 7.91. The number of nitrogens with zero attached hydrogens (tertiary/aromatic N) is 2. The fourth-order valence-electron chi connectivity index (χ4n) is 4.30. The van der Waals surface area contributed by atoms with Crippen LogP contribution in [0.3, 0.4) is 0 Å². The molecule has 0 aromatic carbocycles. The quantitative estimate of drug-likeness (QED) is 0.718. The summed E-state index contributed by atoms with van der Waals surface area (Å²) in [5.74, 6) is -0.879. The minimum atomic E-state index is -3.15. The molecule has 1 unspecified atom stereocenters. The Kier molecular flexibility index (Phi) is 4.33. The van der Waals surface area contributed by atoms with Gasteiger partial charge in [-0.05, 0) is 26.2 Å². The van der Waals surface area contributed by atoms with E-state index < -0.39 is 32.9 Å². The lowest BCUT2D eigenvalue weighted by molar-refractivity contribution is -0.137. The van der Waals surface area contributed by atoms with Crippen molar-refractivity contribution in [3.05, 3.63) is 0 Å². The third kappa shape index (κ3) is 3.14. The molecule has 4 amide bonds. The van der Waals surface area contributed by atoms with Crippen LogP contribution in [0, 0.1) is 0 Å². The zero-order valence-corrected chi connectivity index (χ0v) is 15.5. The number of amides is 4. The highest BCUT2D eigenvalue weighted by Crippen LogP contribution is 2.39. The van der Waals surface area contributed by atoms with Gasteiger partial charge in [0.15, 0.2) is 9.84 Å². The first-order valence-electron chi connectivity index (χ1n) is 8.70. The monoisotopic (exact) mass is 371 g/mol. The number of sulfone groups is 1. The molecule has 1 spiro atoms. The molecule has 2 aliphatic heterocycles. The SMILES string of the molecule is CN1C(=O)N(CC(=O)NC2(C)CCS(=O)(=O)C2)C(=O)C12CCCCC2. The van der Waals surface area contributed by atoms with Crippen molar-refractivity contribution in [3.63, 3.8) is 0 Å². The summed E-state index contributed by atoms with van der Waals surface area (Å²) >= 11 is 0. The second kappa shape index (κ2) is 5.96. The molecule has 140 valence electrons. The summed E-state index contributed by atoms with van der Waals surface area (Å²) < 4.78 is 23.3. The Bertz CT molecular complexity index is 713. The minimum Gasteiger partial charge on any atom is -0.348 e. The van der Waals surface area contributed by atoms with E-state index in [4.69, 9.17) is 0 Å². The van der Waals surface area contributed by atoms with Crippen LogP contribution in [0.2, 0.25) is 0 Å². The van der Waals surface area contributed by atoms with Crippen molar-refractivity contribution < 1.29 is 22.8 Å². The molecule has 0 aromatic heterocycles. The fraction of sp³-hybridized carbons (Fsp3) is 0.812. The molecule has 0 aromatic rings. The molecule has 8 nitrogen and oxygen atoms in total.